The molecule has 0 bridgehead atoms. The van der Waals surface area contributed by atoms with E-state index in [-0.39, 0.29) is 8.83 Å². The number of carboxylic acids is 2. The third-order valence-electron chi connectivity index (χ3n) is 3.42. The number of benzene rings is 1. The molecular weight excluding hydrogens is 366 g/mol. The van der Waals surface area contributed by atoms with Crippen molar-refractivity contribution in [3.05, 3.63) is 49.6 Å². The van der Waals surface area contributed by atoms with Gasteiger partial charge in [0.1, 0.15) is 6.04 Å². The summed E-state index contributed by atoms with van der Waals surface area (Å²) in [6, 6.07) is 5.73. The van der Waals surface area contributed by atoms with Gasteiger partial charge < -0.3 is 15.3 Å². The summed E-state index contributed by atoms with van der Waals surface area (Å²) < 4.78 is 0.971. The molecule has 0 radical (unpaired) electrons. The van der Waals surface area contributed by atoms with E-state index in [0.29, 0.717) is 16.5 Å². The number of fused-ring (bicyclic) bond motifs is 1. The molecule has 3 rings (SSSR count). The van der Waals surface area contributed by atoms with Gasteiger partial charge in [0.2, 0.25) is 5.88 Å². The third kappa shape index (κ3) is 3.35. The molecule has 10 heteroatoms. The summed E-state index contributed by atoms with van der Waals surface area (Å²) in [7, 11) is 0. The first-order valence-electron chi connectivity index (χ1n) is 7.00. The molecule has 25 heavy (non-hydrogen) atoms. The van der Waals surface area contributed by atoms with Crippen molar-refractivity contribution < 1.29 is 24.9 Å². The highest BCUT2D eigenvalue weighted by Crippen LogP contribution is 2.33. The van der Waals surface area contributed by atoms with Gasteiger partial charge >= 0.3 is 11.9 Å². The number of thiazole rings is 1. The molecule has 1 atom stereocenters. The number of hydrogen-bond acceptors (Lipinski definition) is 7. The van der Waals surface area contributed by atoms with Gasteiger partial charge in [-0.25, -0.2) is 14.8 Å². The summed E-state index contributed by atoms with van der Waals surface area (Å²) >= 11 is 6.05. The Kier molecular flexibility index (Phi) is 4.47. The molecule has 0 amide bonds. The Labute approximate surface area is 149 Å². The third-order valence-corrected chi connectivity index (χ3v) is 4.76. The normalized spacial score (nSPS) is 13.5. The van der Waals surface area contributed by atoms with Crippen LogP contribution in [0.3, 0.4) is 0 Å². The zero-order valence-corrected chi connectivity index (χ0v) is 14.1. The largest absolute Gasteiger partial charge is 0.493 e. The van der Waals surface area contributed by atoms with Crippen molar-refractivity contribution in [2.24, 2.45) is 9.98 Å². The number of rotatable bonds is 5. The molecule has 8 nitrogen and oxygen atoms in total. The van der Waals surface area contributed by atoms with E-state index < -0.39 is 30.3 Å². The van der Waals surface area contributed by atoms with Crippen molar-refractivity contribution in [2.75, 3.05) is 0 Å². The summed E-state index contributed by atoms with van der Waals surface area (Å²) in [5.41, 5.74) is 0. The number of aromatic hydroxyl groups is 1. The van der Waals surface area contributed by atoms with Crippen LogP contribution in [0, 0.1) is 3.95 Å². The Morgan fingerprint density at radius 2 is 1.84 bits per heavy atom. The highest BCUT2D eigenvalue weighted by molar-refractivity contribution is 7.73. The molecule has 0 unspecified atom stereocenters. The summed E-state index contributed by atoms with van der Waals surface area (Å²) in [5.74, 6) is -2.79. The lowest BCUT2D eigenvalue weighted by Gasteiger charge is -2.12. The Hall–Kier alpha value is -2.85. The fourth-order valence-corrected chi connectivity index (χ4v) is 3.66. The van der Waals surface area contributed by atoms with Crippen molar-refractivity contribution in [2.45, 2.75) is 12.5 Å². The van der Waals surface area contributed by atoms with Crippen LogP contribution in [-0.4, -0.2) is 31.8 Å². The molecule has 1 aromatic carbocycles. The number of hydrogen-bond donors (Lipinski definition) is 3. The molecule has 128 valence electrons. The number of carbonyl (C=O) groups is 2. The first-order chi connectivity index (χ1) is 11.9. The highest BCUT2D eigenvalue weighted by atomic mass is 32.1. The van der Waals surface area contributed by atoms with Gasteiger partial charge in [0, 0.05) is 6.08 Å². The van der Waals surface area contributed by atoms with Gasteiger partial charge in [0.25, 0.3) is 0 Å². The van der Waals surface area contributed by atoms with E-state index in [0.717, 1.165) is 15.9 Å². The first kappa shape index (κ1) is 17.0. The van der Waals surface area contributed by atoms with E-state index in [1.54, 1.807) is 12.1 Å². The minimum Gasteiger partial charge on any atom is -0.493 e. The van der Waals surface area contributed by atoms with E-state index >= 15 is 0 Å². The fraction of sp³-hybridized carbons (Fsp3) is 0.133. The summed E-state index contributed by atoms with van der Waals surface area (Å²) in [6.07, 6.45) is 0.774. The minimum absolute atomic E-state index is 0.0495. The van der Waals surface area contributed by atoms with E-state index in [1.165, 1.54) is 6.08 Å². The number of para-hydroxylation sites is 2. The zero-order valence-electron chi connectivity index (χ0n) is 12.5. The van der Waals surface area contributed by atoms with Crippen molar-refractivity contribution in [3.63, 3.8) is 0 Å². The molecule has 2 heterocycles. The van der Waals surface area contributed by atoms with Crippen LogP contribution in [0.2, 0.25) is 0 Å². The van der Waals surface area contributed by atoms with Crippen LogP contribution in [0.4, 0.5) is 0 Å². The van der Waals surface area contributed by atoms with Gasteiger partial charge in [0.05, 0.1) is 22.0 Å². The zero-order chi connectivity index (χ0) is 18.1. The monoisotopic (exact) mass is 377 g/mol. The average molecular weight is 377 g/mol. The highest BCUT2D eigenvalue weighted by Gasteiger charge is 2.27. The Morgan fingerprint density at radius 1 is 1.24 bits per heavy atom. The number of aromatic nitrogens is 1. The predicted octanol–water partition coefficient (Wildman–Crippen LogP) is 1.34. The quantitative estimate of drug-likeness (QED) is 0.676. The summed E-state index contributed by atoms with van der Waals surface area (Å²) in [5, 5.41) is 29.8. The molecule has 1 aliphatic rings. The van der Waals surface area contributed by atoms with Crippen LogP contribution in [0.1, 0.15) is 17.3 Å². The average Bonchev–Trinajstić information content (AvgIpc) is 3.06. The predicted molar refractivity (Wildman–Crippen MR) is 90.5 cm³/mol. The van der Waals surface area contributed by atoms with Gasteiger partial charge in [0.15, 0.2) is 9.78 Å². The van der Waals surface area contributed by atoms with Gasteiger partial charge in [-0.05, 0) is 24.4 Å². The van der Waals surface area contributed by atoms with E-state index in [9.17, 15) is 19.8 Å². The van der Waals surface area contributed by atoms with Crippen molar-refractivity contribution in [1.29, 1.82) is 0 Å². The molecule has 3 N–H and O–H groups in total. The Balaban J connectivity index is 2.05. The minimum atomic E-state index is -1.50. The lowest BCUT2D eigenvalue weighted by Crippen LogP contribution is -2.22. The molecule has 0 aliphatic carbocycles. The molecule has 0 saturated heterocycles. The first-order valence-corrected chi connectivity index (χ1v) is 8.22. The van der Waals surface area contributed by atoms with Crippen LogP contribution >= 0.6 is 23.6 Å². The summed E-state index contributed by atoms with van der Waals surface area (Å²) in [4.78, 5) is 31.1. The standard InChI is InChI=1S/C15H11N3O5S2/c19-12(20)5-9(14(22)23)18-13(21)10(25-15(18)24)6-11-16-7-3-1-2-4-8(7)17-11/h1-4,6,9,21H,5H2,(H,19,20)(H,22,23)/t9-/m1/s1. The van der Waals surface area contributed by atoms with E-state index in [1.807, 2.05) is 12.1 Å². The molecule has 0 fully saturated rings. The van der Waals surface area contributed by atoms with Gasteiger partial charge in [-0.3, -0.25) is 9.36 Å². The van der Waals surface area contributed by atoms with Gasteiger partial charge in [-0.1, -0.05) is 12.1 Å². The lowest BCUT2D eigenvalue weighted by molar-refractivity contribution is -0.147. The second kappa shape index (κ2) is 6.57. The van der Waals surface area contributed by atoms with Crippen LogP contribution in [0.15, 0.2) is 40.1 Å². The Morgan fingerprint density at radius 3 is 2.36 bits per heavy atom. The maximum absolute atomic E-state index is 11.4. The molecule has 1 aromatic heterocycles. The molecule has 0 spiro atoms. The van der Waals surface area contributed by atoms with Crippen LogP contribution in [-0.2, 0) is 9.59 Å². The lowest BCUT2D eigenvalue weighted by atomic mass is 10.2. The second-order valence-electron chi connectivity index (χ2n) is 5.09. The van der Waals surface area contributed by atoms with Crippen molar-refractivity contribution in [1.82, 2.24) is 4.57 Å². The van der Waals surface area contributed by atoms with Gasteiger partial charge in [-0.2, -0.15) is 0 Å². The van der Waals surface area contributed by atoms with Gasteiger partial charge in [-0.15, -0.1) is 11.3 Å². The molecule has 1 aliphatic heterocycles. The molecular formula is C15H11N3O5S2. The number of aliphatic carboxylic acids is 2. The molecule has 0 saturated carbocycles. The van der Waals surface area contributed by atoms with Crippen molar-refractivity contribution in [3.8, 4) is 5.88 Å². The van der Waals surface area contributed by atoms with E-state index in [4.69, 9.17) is 17.3 Å². The number of nitrogens with zero attached hydrogens (tertiary/aromatic N) is 3. The Bertz CT molecular complexity index is 1050. The van der Waals surface area contributed by atoms with Crippen molar-refractivity contribution >= 4 is 41.6 Å². The SMILES string of the molecule is O=C(O)C[C@H](C(=O)O)n1c(O)c(C=C2N=c3ccccc3=N2)sc1=S. The second-order valence-corrected chi connectivity index (χ2v) is 6.77. The summed E-state index contributed by atoms with van der Waals surface area (Å²) in [6.45, 7) is 0. The van der Waals surface area contributed by atoms with Crippen LogP contribution in [0.5, 0.6) is 5.88 Å². The van der Waals surface area contributed by atoms with Crippen LogP contribution in [0.25, 0.3) is 6.08 Å². The molecule has 2 aromatic rings. The van der Waals surface area contributed by atoms with E-state index in [2.05, 4.69) is 9.98 Å². The maximum atomic E-state index is 11.4. The maximum Gasteiger partial charge on any atom is 0.327 e. The number of carboxylic acid groups (broad SMARTS) is 2. The topological polar surface area (TPSA) is 124 Å². The van der Waals surface area contributed by atoms with Crippen LogP contribution < -0.4 is 10.7 Å². The fourth-order valence-electron chi connectivity index (χ4n) is 2.32. The smallest absolute Gasteiger partial charge is 0.327 e.